The Morgan fingerprint density at radius 2 is 1.79 bits per heavy atom. The van der Waals surface area contributed by atoms with Crippen LogP contribution in [-0.4, -0.2) is 23.2 Å². The van der Waals surface area contributed by atoms with Crippen molar-refractivity contribution in [3.63, 3.8) is 0 Å². The summed E-state index contributed by atoms with van der Waals surface area (Å²) >= 11 is 5.77. The summed E-state index contributed by atoms with van der Waals surface area (Å²) in [6, 6.07) is 12.4. The van der Waals surface area contributed by atoms with E-state index < -0.39 is 10.0 Å². The number of rotatable bonds is 4. The zero-order valence-corrected chi connectivity index (χ0v) is 14.6. The Hall–Kier alpha value is -2.38. The maximum absolute atomic E-state index is 12.7. The Bertz CT molecular complexity index is 967. The minimum atomic E-state index is -3.81. The van der Waals surface area contributed by atoms with Gasteiger partial charge < -0.3 is 0 Å². The molecule has 2 aromatic heterocycles. The first-order valence-electron chi connectivity index (χ1n) is 7.14. The zero-order valence-electron chi connectivity index (χ0n) is 13.1. The molecular formula is C16H15ClN4O2S. The van der Waals surface area contributed by atoms with E-state index >= 15 is 0 Å². The molecule has 1 N–H and O–H groups in total. The number of nitrogens with one attached hydrogen (secondary N) is 1. The van der Waals surface area contributed by atoms with Gasteiger partial charge in [-0.05, 0) is 38.1 Å². The maximum atomic E-state index is 12.7. The van der Waals surface area contributed by atoms with Gasteiger partial charge in [-0.3, -0.25) is 4.72 Å². The van der Waals surface area contributed by atoms with Gasteiger partial charge in [0.1, 0.15) is 10.7 Å². The quantitative estimate of drug-likeness (QED) is 0.772. The van der Waals surface area contributed by atoms with Crippen LogP contribution in [-0.2, 0) is 10.0 Å². The van der Waals surface area contributed by atoms with Crippen molar-refractivity contribution in [1.82, 2.24) is 14.8 Å². The van der Waals surface area contributed by atoms with Crippen molar-refractivity contribution in [3.8, 4) is 5.69 Å². The first-order valence-corrected chi connectivity index (χ1v) is 9.00. The van der Waals surface area contributed by atoms with Crippen molar-refractivity contribution in [2.24, 2.45) is 0 Å². The molecule has 0 fully saturated rings. The van der Waals surface area contributed by atoms with Crippen LogP contribution in [0, 0.1) is 13.8 Å². The van der Waals surface area contributed by atoms with Crippen LogP contribution in [0.25, 0.3) is 5.69 Å². The molecule has 124 valence electrons. The van der Waals surface area contributed by atoms with E-state index in [9.17, 15) is 8.42 Å². The number of benzene rings is 1. The molecule has 0 amide bonds. The van der Waals surface area contributed by atoms with Crippen molar-refractivity contribution in [3.05, 3.63) is 65.1 Å². The fraction of sp³-hybridized carbons (Fsp3) is 0.125. The Labute approximate surface area is 145 Å². The monoisotopic (exact) mass is 362 g/mol. The van der Waals surface area contributed by atoms with E-state index in [0.29, 0.717) is 16.4 Å². The number of hydrogen-bond donors (Lipinski definition) is 1. The highest BCUT2D eigenvalue weighted by molar-refractivity contribution is 7.92. The van der Waals surface area contributed by atoms with Gasteiger partial charge in [0, 0.05) is 6.20 Å². The molecule has 8 heteroatoms. The van der Waals surface area contributed by atoms with Gasteiger partial charge in [0.05, 0.1) is 22.1 Å². The van der Waals surface area contributed by atoms with E-state index in [1.165, 1.54) is 12.3 Å². The number of para-hydroxylation sites is 1. The third kappa shape index (κ3) is 3.13. The highest BCUT2D eigenvalue weighted by atomic mass is 35.5. The number of aromatic nitrogens is 3. The molecule has 3 rings (SSSR count). The summed E-state index contributed by atoms with van der Waals surface area (Å²) in [7, 11) is -3.81. The molecule has 0 radical (unpaired) electrons. The molecular weight excluding hydrogens is 348 g/mol. The predicted octanol–water partition coefficient (Wildman–Crippen LogP) is 3.34. The van der Waals surface area contributed by atoms with Crippen LogP contribution in [0.1, 0.15) is 11.4 Å². The van der Waals surface area contributed by atoms with Gasteiger partial charge in [-0.2, -0.15) is 5.10 Å². The average Bonchev–Trinajstić information content (AvgIpc) is 2.85. The number of sulfonamides is 1. The number of anilines is 1. The van der Waals surface area contributed by atoms with E-state index in [0.717, 1.165) is 5.69 Å². The molecule has 0 spiro atoms. The van der Waals surface area contributed by atoms with Crippen molar-refractivity contribution in [2.45, 2.75) is 18.7 Å². The third-order valence-corrected chi connectivity index (χ3v) is 5.29. The smallest absolute Gasteiger partial charge is 0.263 e. The zero-order chi connectivity index (χ0) is 17.3. The van der Waals surface area contributed by atoms with E-state index in [4.69, 9.17) is 11.6 Å². The fourth-order valence-electron chi connectivity index (χ4n) is 2.46. The predicted molar refractivity (Wildman–Crippen MR) is 93.1 cm³/mol. The van der Waals surface area contributed by atoms with Gasteiger partial charge in [0.15, 0.2) is 0 Å². The van der Waals surface area contributed by atoms with Gasteiger partial charge in [-0.1, -0.05) is 29.8 Å². The molecule has 1 aromatic carbocycles. The van der Waals surface area contributed by atoms with Crippen molar-refractivity contribution >= 4 is 27.4 Å². The summed E-state index contributed by atoms with van der Waals surface area (Å²) in [4.78, 5) is 4.11. The molecule has 0 aliphatic rings. The molecule has 0 saturated carbocycles. The molecule has 6 nitrogen and oxygen atoms in total. The summed E-state index contributed by atoms with van der Waals surface area (Å²) in [6.45, 7) is 3.38. The normalized spacial score (nSPS) is 11.5. The lowest BCUT2D eigenvalue weighted by molar-refractivity contribution is 0.599. The SMILES string of the molecule is Cc1nn(-c2ccccc2)c(C)c1S(=O)(=O)Nc1ccc(Cl)cn1. The lowest BCUT2D eigenvalue weighted by Gasteiger charge is -2.08. The third-order valence-electron chi connectivity index (χ3n) is 3.46. The Morgan fingerprint density at radius 1 is 1.08 bits per heavy atom. The number of aryl methyl sites for hydroxylation is 1. The van der Waals surface area contributed by atoms with Gasteiger partial charge in [-0.25, -0.2) is 18.1 Å². The van der Waals surface area contributed by atoms with Gasteiger partial charge in [0.25, 0.3) is 10.0 Å². The van der Waals surface area contributed by atoms with E-state index in [-0.39, 0.29) is 10.7 Å². The van der Waals surface area contributed by atoms with Gasteiger partial charge in [0.2, 0.25) is 0 Å². The summed E-state index contributed by atoms with van der Waals surface area (Å²) in [5.41, 5.74) is 1.74. The fourth-order valence-corrected chi connectivity index (χ4v) is 3.98. The van der Waals surface area contributed by atoms with Crippen molar-refractivity contribution < 1.29 is 8.42 Å². The van der Waals surface area contributed by atoms with Crippen LogP contribution < -0.4 is 4.72 Å². The highest BCUT2D eigenvalue weighted by Gasteiger charge is 2.25. The molecule has 2 heterocycles. The number of halogens is 1. The topological polar surface area (TPSA) is 76.9 Å². The van der Waals surface area contributed by atoms with Gasteiger partial charge in [-0.15, -0.1) is 0 Å². The van der Waals surface area contributed by atoms with Crippen LogP contribution in [0.5, 0.6) is 0 Å². The van der Waals surface area contributed by atoms with Crippen LogP contribution in [0.2, 0.25) is 5.02 Å². The number of nitrogens with zero attached hydrogens (tertiary/aromatic N) is 3. The molecule has 0 aliphatic heterocycles. The Kier molecular flexibility index (Phi) is 4.29. The number of pyridine rings is 1. The maximum Gasteiger partial charge on any atom is 0.266 e. The second kappa shape index (κ2) is 6.26. The van der Waals surface area contributed by atoms with E-state index in [2.05, 4.69) is 14.8 Å². The second-order valence-electron chi connectivity index (χ2n) is 5.21. The summed E-state index contributed by atoms with van der Waals surface area (Å²) in [6.07, 6.45) is 1.38. The molecule has 24 heavy (non-hydrogen) atoms. The van der Waals surface area contributed by atoms with Crippen LogP contribution >= 0.6 is 11.6 Å². The lowest BCUT2D eigenvalue weighted by Crippen LogP contribution is -2.15. The minimum Gasteiger partial charge on any atom is -0.263 e. The first-order chi connectivity index (χ1) is 11.4. The lowest BCUT2D eigenvalue weighted by atomic mass is 10.3. The van der Waals surface area contributed by atoms with E-state index in [1.54, 1.807) is 24.6 Å². The van der Waals surface area contributed by atoms with E-state index in [1.807, 2.05) is 30.3 Å². The summed E-state index contributed by atoms with van der Waals surface area (Å²) < 4.78 is 29.5. The first kappa shape index (κ1) is 16.5. The second-order valence-corrected chi connectivity index (χ2v) is 7.27. The minimum absolute atomic E-state index is 0.142. The van der Waals surface area contributed by atoms with Gasteiger partial charge >= 0.3 is 0 Å². The molecule has 0 bridgehead atoms. The summed E-state index contributed by atoms with van der Waals surface area (Å²) in [5, 5.41) is 4.79. The molecule has 0 saturated heterocycles. The van der Waals surface area contributed by atoms with Crippen molar-refractivity contribution in [1.29, 1.82) is 0 Å². The summed E-state index contributed by atoms with van der Waals surface area (Å²) in [5.74, 6) is 0.200. The largest absolute Gasteiger partial charge is 0.266 e. The standard InChI is InChI=1S/C16H15ClN4O2S/c1-11-16(12(2)21(19-11)14-6-4-3-5-7-14)24(22,23)20-15-9-8-13(17)10-18-15/h3-10H,1-2H3,(H,18,20). The van der Waals surface area contributed by atoms with Crippen LogP contribution in [0.4, 0.5) is 5.82 Å². The van der Waals surface area contributed by atoms with Crippen LogP contribution in [0.15, 0.2) is 53.6 Å². The van der Waals surface area contributed by atoms with Crippen molar-refractivity contribution in [2.75, 3.05) is 4.72 Å². The average molecular weight is 363 g/mol. The molecule has 0 atom stereocenters. The Balaban J connectivity index is 2.02. The molecule has 0 unspecified atom stereocenters. The highest BCUT2D eigenvalue weighted by Crippen LogP contribution is 2.24. The Morgan fingerprint density at radius 3 is 2.42 bits per heavy atom. The molecule has 3 aromatic rings. The number of hydrogen-bond acceptors (Lipinski definition) is 4. The van der Waals surface area contributed by atoms with Crippen LogP contribution in [0.3, 0.4) is 0 Å². The molecule has 0 aliphatic carbocycles.